The molecule has 0 spiro atoms. The molecule has 108 valence electrons. The number of nitrogens with one attached hydrogen (secondary N) is 1. The minimum absolute atomic E-state index is 0.145. The molecule has 1 aromatic rings. The molecule has 0 atom stereocenters. The quantitative estimate of drug-likeness (QED) is 0.795. The van der Waals surface area contributed by atoms with E-state index in [0.29, 0.717) is 13.0 Å². The molecule has 2 N–H and O–H groups in total. The lowest BCUT2D eigenvalue weighted by atomic mass is 9.97. The van der Waals surface area contributed by atoms with Crippen molar-refractivity contribution in [2.24, 2.45) is 0 Å². The van der Waals surface area contributed by atoms with Gasteiger partial charge in [0.25, 0.3) is 0 Å². The van der Waals surface area contributed by atoms with Crippen LogP contribution in [0.15, 0.2) is 18.2 Å². The Balaban J connectivity index is 2.03. The minimum atomic E-state index is -0.926. The van der Waals surface area contributed by atoms with Crippen LogP contribution in [0.4, 0.5) is 0 Å². The fraction of sp³-hybridized carbons (Fsp3) is 0.467. The van der Waals surface area contributed by atoms with Gasteiger partial charge in [0.05, 0.1) is 5.56 Å². The Morgan fingerprint density at radius 3 is 2.85 bits per heavy atom. The topological polar surface area (TPSA) is 69.6 Å². The monoisotopic (exact) mass is 276 g/mol. The molecule has 1 aliphatic rings. The van der Waals surface area contributed by atoms with E-state index in [9.17, 15) is 9.59 Å². The van der Waals surface area contributed by atoms with Crippen molar-refractivity contribution in [3.63, 3.8) is 0 Å². The number of carboxylic acids is 1. The highest BCUT2D eigenvalue weighted by Gasteiger charge is 2.21. The van der Waals surface area contributed by atoms with E-state index in [4.69, 9.17) is 5.11 Å². The fourth-order valence-electron chi connectivity index (χ4n) is 2.48. The molecule has 0 aliphatic carbocycles. The van der Waals surface area contributed by atoms with Gasteiger partial charge in [0, 0.05) is 19.5 Å². The lowest BCUT2D eigenvalue weighted by molar-refractivity contribution is -0.132. The SMILES string of the molecule is CNCCCC(=O)N1CCc2ccc(C(=O)O)cc2C1. The molecule has 0 aromatic heterocycles. The molecule has 0 saturated heterocycles. The molecule has 0 unspecified atom stereocenters. The minimum Gasteiger partial charge on any atom is -0.478 e. The lowest BCUT2D eigenvalue weighted by Crippen LogP contribution is -2.36. The first-order valence-electron chi connectivity index (χ1n) is 6.89. The van der Waals surface area contributed by atoms with Crippen LogP contribution in [0, 0.1) is 0 Å². The summed E-state index contributed by atoms with van der Waals surface area (Å²) in [5.74, 6) is -0.781. The van der Waals surface area contributed by atoms with Gasteiger partial charge in [-0.05, 0) is 49.7 Å². The number of carboxylic acid groups (broad SMARTS) is 1. The highest BCUT2D eigenvalue weighted by molar-refractivity contribution is 5.88. The van der Waals surface area contributed by atoms with E-state index >= 15 is 0 Å². The van der Waals surface area contributed by atoms with Crippen molar-refractivity contribution >= 4 is 11.9 Å². The van der Waals surface area contributed by atoms with E-state index < -0.39 is 5.97 Å². The van der Waals surface area contributed by atoms with Gasteiger partial charge in [0.1, 0.15) is 0 Å². The Morgan fingerprint density at radius 2 is 2.15 bits per heavy atom. The van der Waals surface area contributed by atoms with Crippen molar-refractivity contribution in [1.29, 1.82) is 0 Å². The molecular weight excluding hydrogens is 256 g/mol. The maximum absolute atomic E-state index is 12.1. The zero-order valence-corrected chi connectivity index (χ0v) is 11.7. The molecule has 1 amide bonds. The largest absolute Gasteiger partial charge is 0.478 e. The van der Waals surface area contributed by atoms with Crippen molar-refractivity contribution in [2.45, 2.75) is 25.8 Å². The number of nitrogens with zero attached hydrogens (tertiary/aromatic N) is 1. The van der Waals surface area contributed by atoms with E-state index in [1.54, 1.807) is 12.1 Å². The van der Waals surface area contributed by atoms with Gasteiger partial charge in [-0.15, -0.1) is 0 Å². The normalized spacial score (nSPS) is 13.9. The summed E-state index contributed by atoms with van der Waals surface area (Å²) in [5.41, 5.74) is 2.39. The number of carbonyl (C=O) groups is 2. The van der Waals surface area contributed by atoms with Crippen LogP contribution in [0.1, 0.15) is 34.3 Å². The molecule has 5 heteroatoms. The van der Waals surface area contributed by atoms with E-state index in [2.05, 4.69) is 5.32 Å². The smallest absolute Gasteiger partial charge is 0.335 e. The maximum Gasteiger partial charge on any atom is 0.335 e. The van der Waals surface area contributed by atoms with Crippen LogP contribution in [0.25, 0.3) is 0 Å². The Hall–Kier alpha value is -1.88. The van der Waals surface area contributed by atoms with Crippen molar-refractivity contribution in [3.8, 4) is 0 Å². The van der Waals surface area contributed by atoms with E-state index in [1.165, 1.54) is 0 Å². The molecular formula is C15H20N2O3. The van der Waals surface area contributed by atoms with Crippen LogP contribution in [-0.2, 0) is 17.8 Å². The second-order valence-corrected chi connectivity index (χ2v) is 5.06. The average Bonchev–Trinajstić information content (AvgIpc) is 2.46. The van der Waals surface area contributed by atoms with Gasteiger partial charge in [-0.25, -0.2) is 4.79 Å². The van der Waals surface area contributed by atoms with Gasteiger partial charge in [0.2, 0.25) is 5.91 Å². The molecule has 5 nitrogen and oxygen atoms in total. The summed E-state index contributed by atoms with van der Waals surface area (Å²) in [7, 11) is 1.87. The van der Waals surface area contributed by atoms with Crippen molar-refractivity contribution < 1.29 is 14.7 Å². The average molecular weight is 276 g/mol. The van der Waals surface area contributed by atoms with Crippen LogP contribution in [0.3, 0.4) is 0 Å². The highest BCUT2D eigenvalue weighted by atomic mass is 16.4. The maximum atomic E-state index is 12.1. The predicted molar refractivity (Wildman–Crippen MR) is 75.7 cm³/mol. The molecule has 20 heavy (non-hydrogen) atoms. The first-order valence-corrected chi connectivity index (χ1v) is 6.89. The second kappa shape index (κ2) is 6.52. The molecule has 0 bridgehead atoms. The first kappa shape index (κ1) is 14.5. The number of benzene rings is 1. The summed E-state index contributed by atoms with van der Waals surface area (Å²) >= 11 is 0. The van der Waals surface area contributed by atoms with Crippen LogP contribution in [-0.4, -0.2) is 42.0 Å². The van der Waals surface area contributed by atoms with Gasteiger partial charge in [0.15, 0.2) is 0 Å². The van der Waals surface area contributed by atoms with Crippen molar-refractivity contribution in [2.75, 3.05) is 20.1 Å². The van der Waals surface area contributed by atoms with Gasteiger partial charge < -0.3 is 15.3 Å². The van der Waals surface area contributed by atoms with Gasteiger partial charge in [-0.1, -0.05) is 6.07 Å². The number of hydrogen-bond donors (Lipinski definition) is 2. The Kier molecular flexibility index (Phi) is 4.74. The van der Waals surface area contributed by atoms with Crippen LogP contribution >= 0.6 is 0 Å². The molecule has 1 aliphatic heterocycles. The van der Waals surface area contributed by atoms with Gasteiger partial charge in [-0.2, -0.15) is 0 Å². The molecule has 1 heterocycles. The fourth-order valence-corrected chi connectivity index (χ4v) is 2.48. The molecule has 0 radical (unpaired) electrons. The van der Waals surface area contributed by atoms with Crippen molar-refractivity contribution in [3.05, 3.63) is 34.9 Å². The van der Waals surface area contributed by atoms with E-state index in [1.807, 2.05) is 18.0 Å². The Bertz CT molecular complexity index is 514. The molecule has 1 aromatic carbocycles. The number of carbonyl (C=O) groups excluding carboxylic acids is 1. The van der Waals surface area contributed by atoms with Gasteiger partial charge in [-0.3, -0.25) is 4.79 Å². The van der Waals surface area contributed by atoms with E-state index in [0.717, 1.165) is 37.1 Å². The summed E-state index contributed by atoms with van der Waals surface area (Å²) < 4.78 is 0. The van der Waals surface area contributed by atoms with Crippen LogP contribution < -0.4 is 5.32 Å². The highest BCUT2D eigenvalue weighted by Crippen LogP contribution is 2.21. The second-order valence-electron chi connectivity index (χ2n) is 5.06. The van der Waals surface area contributed by atoms with Gasteiger partial charge >= 0.3 is 5.97 Å². The molecule has 2 rings (SSSR count). The Morgan fingerprint density at radius 1 is 1.35 bits per heavy atom. The number of hydrogen-bond acceptors (Lipinski definition) is 3. The number of amides is 1. The summed E-state index contributed by atoms with van der Waals surface area (Å²) in [5, 5.41) is 12.0. The predicted octanol–water partition coefficient (Wildman–Crippen LogP) is 1.27. The number of aromatic carboxylic acids is 1. The zero-order chi connectivity index (χ0) is 14.5. The first-order chi connectivity index (χ1) is 9.61. The Labute approximate surface area is 118 Å². The van der Waals surface area contributed by atoms with Crippen LogP contribution in [0.2, 0.25) is 0 Å². The zero-order valence-electron chi connectivity index (χ0n) is 11.7. The van der Waals surface area contributed by atoms with Crippen LogP contribution in [0.5, 0.6) is 0 Å². The number of fused-ring (bicyclic) bond motifs is 1. The van der Waals surface area contributed by atoms with Crippen molar-refractivity contribution in [1.82, 2.24) is 10.2 Å². The third-order valence-electron chi connectivity index (χ3n) is 3.64. The third kappa shape index (κ3) is 3.36. The summed E-state index contributed by atoms with van der Waals surface area (Å²) in [6.07, 6.45) is 2.16. The van der Waals surface area contributed by atoms with E-state index in [-0.39, 0.29) is 11.5 Å². The summed E-state index contributed by atoms with van der Waals surface area (Å²) in [6.45, 7) is 2.08. The summed E-state index contributed by atoms with van der Waals surface area (Å²) in [4.78, 5) is 24.9. The number of rotatable bonds is 5. The molecule has 0 saturated carbocycles. The third-order valence-corrected chi connectivity index (χ3v) is 3.64. The standard InChI is InChI=1S/C15H20N2O3/c1-16-7-2-3-14(18)17-8-6-11-4-5-12(15(19)20)9-13(11)10-17/h4-5,9,16H,2-3,6-8,10H2,1H3,(H,19,20). The lowest BCUT2D eigenvalue weighted by Gasteiger charge is -2.29. The molecule has 0 fully saturated rings. The summed E-state index contributed by atoms with van der Waals surface area (Å²) in [6, 6.07) is 5.18.